The van der Waals surface area contributed by atoms with Crippen molar-refractivity contribution in [3.05, 3.63) is 0 Å². The third-order valence-corrected chi connectivity index (χ3v) is 3.66. The van der Waals surface area contributed by atoms with E-state index in [1.54, 1.807) is 18.7 Å². The molecule has 0 saturated carbocycles. The molecule has 0 bridgehead atoms. The van der Waals surface area contributed by atoms with Crippen molar-refractivity contribution in [3.8, 4) is 0 Å². The van der Waals surface area contributed by atoms with Crippen LogP contribution in [-0.2, 0) is 0 Å². The summed E-state index contributed by atoms with van der Waals surface area (Å²) in [4.78, 5) is 4.26. The molecule has 0 N–H and O–H groups in total. The van der Waals surface area contributed by atoms with E-state index in [0.717, 1.165) is 0 Å². The Morgan fingerprint density at radius 1 is 1.58 bits per heavy atom. The van der Waals surface area contributed by atoms with Gasteiger partial charge in [-0.25, -0.2) is 4.39 Å². The van der Waals surface area contributed by atoms with Crippen molar-refractivity contribution in [2.24, 2.45) is 10.9 Å². The number of halogens is 1. The zero-order valence-electron chi connectivity index (χ0n) is 7.83. The summed E-state index contributed by atoms with van der Waals surface area (Å²) in [7, 11) is 0. The lowest BCUT2D eigenvalue weighted by molar-refractivity contribution is 0.289. The standard InChI is InChI=1S/C9H16FNS/c1-6(4-7(2)10)9-8(3)11-5-12-9/h5-9H,4H2,1-3H3. The molecule has 70 valence electrons. The molecule has 0 saturated heterocycles. The molecule has 1 nitrogen and oxygen atoms in total. The summed E-state index contributed by atoms with van der Waals surface area (Å²) < 4.78 is 12.7. The highest BCUT2D eigenvalue weighted by Gasteiger charge is 2.27. The van der Waals surface area contributed by atoms with Crippen LogP contribution in [0.2, 0.25) is 0 Å². The number of thioether (sulfide) groups is 1. The number of hydrogen-bond acceptors (Lipinski definition) is 2. The van der Waals surface area contributed by atoms with Crippen LogP contribution >= 0.6 is 11.8 Å². The second kappa shape index (κ2) is 4.26. The summed E-state index contributed by atoms with van der Waals surface area (Å²) >= 11 is 1.74. The monoisotopic (exact) mass is 189 g/mol. The van der Waals surface area contributed by atoms with Crippen LogP contribution in [0.3, 0.4) is 0 Å². The quantitative estimate of drug-likeness (QED) is 0.665. The topological polar surface area (TPSA) is 12.4 Å². The Bertz CT molecular complexity index is 170. The summed E-state index contributed by atoms with van der Waals surface area (Å²) in [6, 6.07) is 0.365. The Hall–Kier alpha value is -0.0500. The maximum Gasteiger partial charge on any atom is 0.0976 e. The van der Waals surface area contributed by atoms with Gasteiger partial charge in [0.25, 0.3) is 0 Å². The molecule has 1 rings (SSSR count). The number of nitrogens with zero attached hydrogens (tertiary/aromatic N) is 1. The maximum atomic E-state index is 12.7. The second-order valence-corrected chi connectivity index (χ2v) is 4.62. The SMILES string of the molecule is CC(F)CC(C)C1SC=NC1C. The molecule has 0 aromatic carbocycles. The minimum atomic E-state index is -0.687. The average Bonchev–Trinajstić information content (AvgIpc) is 2.33. The molecule has 0 aliphatic carbocycles. The van der Waals surface area contributed by atoms with E-state index in [1.807, 2.05) is 5.55 Å². The Kier molecular flexibility index (Phi) is 3.56. The fourth-order valence-electron chi connectivity index (χ4n) is 1.66. The molecule has 0 aromatic heterocycles. The molecule has 0 spiro atoms. The first kappa shape index (κ1) is 10.0. The van der Waals surface area contributed by atoms with Crippen LogP contribution in [0.15, 0.2) is 4.99 Å². The van der Waals surface area contributed by atoms with Gasteiger partial charge in [0, 0.05) is 5.25 Å². The van der Waals surface area contributed by atoms with Gasteiger partial charge in [-0.1, -0.05) is 6.92 Å². The van der Waals surface area contributed by atoms with E-state index >= 15 is 0 Å². The first-order chi connectivity index (χ1) is 5.61. The molecule has 1 aliphatic rings. The molecule has 3 heteroatoms. The number of alkyl halides is 1. The van der Waals surface area contributed by atoms with Gasteiger partial charge in [-0.3, -0.25) is 4.99 Å². The highest BCUT2D eigenvalue weighted by Crippen LogP contribution is 2.31. The van der Waals surface area contributed by atoms with Crippen LogP contribution < -0.4 is 0 Å². The maximum absolute atomic E-state index is 12.7. The van der Waals surface area contributed by atoms with Gasteiger partial charge >= 0.3 is 0 Å². The first-order valence-corrected chi connectivity index (χ1v) is 5.36. The molecular formula is C9H16FNS. The van der Waals surface area contributed by atoms with Crippen molar-refractivity contribution in [2.45, 2.75) is 44.7 Å². The first-order valence-electron chi connectivity index (χ1n) is 4.42. The fraction of sp³-hybridized carbons (Fsp3) is 0.889. The lowest BCUT2D eigenvalue weighted by Gasteiger charge is -2.21. The van der Waals surface area contributed by atoms with Gasteiger partial charge < -0.3 is 0 Å². The van der Waals surface area contributed by atoms with Crippen molar-refractivity contribution in [2.75, 3.05) is 0 Å². The largest absolute Gasteiger partial charge is 0.282 e. The van der Waals surface area contributed by atoms with Crippen molar-refractivity contribution in [3.63, 3.8) is 0 Å². The minimum absolute atomic E-state index is 0.365. The van der Waals surface area contributed by atoms with Crippen molar-refractivity contribution < 1.29 is 4.39 Å². The zero-order chi connectivity index (χ0) is 9.14. The van der Waals surface area contributed by atoms with E-state index in [-0.39, 0.29) is 0 Å². The van der Waals surface area contributed by atoms with Crippen LogP contribution in [0.4, 0.5) is 4.39 Å². The molecule has 4 atom stereocenters. The van der Waals surface area contributed by atoms with Gasteiger partial charge in [-0.15, -0.1) is 11.8 Å². The molecule has 12 heavy (non-hydrogen) atoms. The molecule has 4 unspecified atom stereocenters. The Balaban J connectivity index is 2.37. The van der Waals surface area contributed by atoms with E-state index in [9.17, 15) is 4.39 Å². The van der Waals surface area contributed by atoms with Crippen molar-refractivity contribution in [1.82, 2.24) is 0 Å². The summed E-state index contributed by atoms with van der Waals surface area (Å²) in [5.74, 6) is 0.424. The number of hydrogen-bond donors (Lipinski definition) is 0. The van der Waals surface area contributed by atoms with E-state index in [1.165, 1.54) is 0 Å². The summed E-state index contributed by atoms with van der Waals surface area (Å²) in [5.41, 5.74) is 1.90. The molecule has 0 radical (unpaired) electrons. The fourth-order valence-corrected chi connectivity index (χ4v) is 2.74. The van der Waals surface area contributed by atoms with E-state index in [2.05, 4.69) is 18.8 Å². The Morgan fingerprint density at radius 3 is 2.67 bits per heavy atom. The third kappa shape index (κ3) is 2.47. The minimum Gasteiger partial charge on any atom is -0.282 e. The molecule has 0 amide bonds. The highest BCUT2D eigenvalue weighted by atomic mass is 32.2. The smallest absolute Gasteiger partial charge is 0.0976 e. The zero-order valence-corrected chi connectivity index (χ0v) is 8.64. The molecule has 0 fully saturated rings. The van der Waals surface area contributed by atoms with Crippen LogP contribution in [0.5, 0.6) is 0 Å². The Labute approximate surface area is 77.8 Å². The normalized spacial score (nSPS) is 33.7. The van der Waals surface area contributed by atoms with Gasteiger partial charge in [0.05, 0.1) is 17.8 Å². The Morgan fingerprint density at radius 2 is 2.25 bits per heavy atom. The van der Waals surface area contributed by atoms with E-state index in [0.29, 0.717) is 23.6 Å². The average molecular weight is 189 g/mol. The van der Waals surface area contributed by atoms with Gasteiger partial charge in [0.2, 0.25) is 0 Å². The highest BCUT2D eigenvalue weighted by molar-refractivity contribution is 8.12. The van der Waals surface area contributed by atoms with Gasteiger partial charge in [-0.2, -0.15) is 0 Å². The molecule has 1 aliphatic heterocycles. The van der Waals surface area contributed by atoms with Crippen molar-refractivity contribution in [1.29, 1.82) is 0 Å². The summed E-state index contributed by atoms with van der Waals surface area (Å²) in [6.45, 7) is 5.83. The van der Waals surface area contributed by atoms with Gasteiger partial charge in [-0.05, 0) is 26.2 Å². The van der Waals surface area contributed by atoms with Gasteiger partial charge in [0.1, 0.15) is 0 Å². The summed E-state index contributed by atoms with van der Waals surface area (Å²) in [5, 5.41) is 0.489. The molecule has 0 aromatic rings. The second-order valence-electron chi connectivity index (χ2n) is 3.59. The van der Waals surface area contributed by atoms with Crippen LogP contribution in [0.25, 0.3) is 0 Å². The van der Waals surface area contributed by atoms with Crippen LogP contribution in [0, 0.1) is 5.92 Å². The number of aliphatic imine (C=N–C) groups is 1. The molecular weight excluding hydrogens is 173 g/mol. The van der Waals surface area contributed by atoms with Crippen LogP contribution in [-0.4, -0.2) is 23.0 Å². The number of rotatable bonds is 3. The van der Waals surface area contributed by atoms with Crippen molar-refractivity contribution >= 4 is 17.3 Å². The third-order valence-electron chi connectivity index (χ3n) is 2.25. The van der Waals surface area contributed by atoms with E-state index in [4.69, 9.17) is 0 Å². The summed E-state index contributed by atoms with van der Waals surface area (Å²) in [6.07, 6.45) is -0.0286. The predicted octanol–water partition coefficient (Wildman–Crippen LogP) is 2.90. The lowest BCUT2D eigenvalue weighted by Crippen LogP contribution is -2.24. The van der Waals surface area contributed by atoms with Crippen LogP contribution in [0.1, 0.15) is 27.2 Å². The van der Waals surface area contributed by atoms with Gasteiger partial charge in [0.15, 0.2) is 0 Å². The molecule has 1 heterocycles. The lowest BCUT2D eigenvalue weighted by atomic mass is 9.97. The van der Waals surface area contributed by atoms with E-state index < -0.39 is 6.17 Å². The predicted molar refractivity (Wildman–Crippen MR) is 53.7 cm³/mol.